The summed E-state index contributed by atoms with van der Waals surface area (Å²) in [5.41, 5.74) is 3.43. The summed E-state index contributed by atoms with van der Waals surface area (Å²) in [7, 11) is 0. The number of nitrogens with zero attached hydrogens (tertiary/aromatic N) is 2. The summed E-state index contributed by atoms with van der Waals surface area (Å²) < 4.78 is 5.86. The fourth-order valence-electron chi connectivity index (χ4n) is 4.23. The van der Waals surface area contributed by atoms with Gasteiger partial charge in [-0.25, -0.2) is 0 Å². The van der Waals surface area contributed by atoms with Gasteiger partial charge in [0.15, 0.2) is 6.61 Å². The van der Waals surface area contributed by atoms with Crippen LogP contribution >= 0.6 is 0 Å². The van der Waals surface area contributed by atoms with Gasteiger partial charge in [-0.15, -0.1) is 0 Å². The maximum Gasteiger partial charge on any atom is 0.260 e. The molecule has 0 radical (unpaired) electrons. The molecule has 0 unspecified atom stereocenters. The van der Waals surface area contributed by atoms with Crippen LogP contribution in [0.3, 0.4) is 0 Å². The Morgan fingerprint density at radius 2 is 1.62 bits per heavy atom. The smallest absolute Gasteiger partial charge is 0.260 e. The van der Waals surface area contributed by atoms with Crippen LogP contribution in [-0.2, 0) is 4.79 Å². The monoisotopic (exact) mass is 330 g/mol. The molecular weight excluding hydrogens is 300 g/mol. The van der Waals surface area contributed by atoms with Crippen molar-refractivity contribution in [2.75, 3.05) is 32.8 Å². The van der Waals surface area contributed by atoms with E-state index in [4.69, 9.17) is 4.74 Å². The Morgan fingerprint density at radius 1 is 1.04 bits per heavy atom. The molecule has 4 nitrogen and oxygen atoms in total. The molecule has 0 aromatic heterocycles. The zero-order valence-electron chi connectivity index (χ0n) is 15.3. The van der Waals surface area contributed by atoms with E-state index < -0.39 is 0 Å². The van der Waals surface area contributed by atoms with Gasteiger partial charge in [-0.1, -0.05) is 30.5 Å². The van der Waals surface area contributed by atoms with Crippen LogP contribution in [-0.4, -0.2) is 54.5 Å². The molecule has 2 fully saturated rings. The van der Waals surface area contributed by atoms with E-state index in [1.165, 1.54) is 31.2 Å². The standard InChI is InChI=1S/C20H30N2O2/c1-15-12-16(2)20(17(3)13-15)24-14-19(23)22-10-8-21(9-11-22)18-6-4-5-7-18/h12-13,18H,4-11,14H2,1-3H3. The molecular formula is C20H30N2O2. The highest BCUT2D eigenvalue weighted by Crippen LogP contribution is 2.25. The van der Waals surface area contributed by atoms with Crippen molar-refractivity contribution in [1.82, 2.24) is 9.80 Å². The molecule has 0 bridgehead atoms. The zero-order chi connectivity index (χ0) is 17.1. The first-order valence-electron chi connectivity index (χ1n) is 9.27. The topological polar surface area (TPSA) is 32.8 Å². The van der Waals surface area contributed by atoms with E-state index in [0.717, 1.165) is 49.1 Å². The summed E-state index contributed by atoms with van der Waals surface area (Å²) >= 11 is 0. The van der Waals surface area contributed by atoms with Gasteiger partial charge in [-0.3, -0.25) is 9.69 Å². The number of rotatable bonds is 4. The van der Waals surface area contributed by atoms with E-state index >= 15 is 0 Å². The van der Waals surface area contributed by atoms with Gasteiger partial charge in [-0.05, 0) is 44.7 Å². The fourth-order valence-corrected chi connectivity index (χ4v) is 4.23. The molecule has 2 aliphatic rings. The maximum absolute atomic E-state index is 12.5. The molecule has 1 aromatic rings. The van der Waals surface area contributed by atoms with Crippen molar-refractivity contribution < 1.29 is 9.53 Å². The molecule has 1 aromatic carbocycles. The third-order valence-electron chi connectivity index (χ3n) is 5.45. The highest BCUT2D eigenvalue weighted by Gasteiger charge is 2.27. The molecule has 0 spiro atoms. The lowest BCUT2D eigenvalue weighted by atomic mass is 10.1. The lowest BCUT2D eigenvalue weighted by molar-refractivity contribution is -0.135. The van der Waals surface area contributed by atoms with Crippen molar-refractivity contribution in [2.45, 2.75) is 52.5 Å². The molecule has 0 atom stereocenters. The minimum Gasteiger partial charge on any atom is -0.483 e. The number of carbonyl (C=O) groups excluding carboxylic acids is 1. The number of piperazine rings is 1. The summed E-state index contributed by atoms with van der Waals surface area (Å²) in [6.07, 6.45) is 5.41. The Labute approximate surface area is 145 Å². The minimum atomic E-state index is 0.112. The fraction of sp³-hybridized carbons (Fsp3) is 0.650. The molecule has 0 N–H and O–H groups in total. The first kappa shape index (κ1) is 17.3. The highest BCUT2D eigenvalue weighted by molar-refractivity contribution is 5.78. The van der Waals surface area contributed by atoms with Gasteiger partial charge in [0.1, 0.15) is 5.75 Å². The average Bonchev–Trinajstić information content (AvgIpc) is 3.08. The lowest BCUT2D eigenvalue weighted by Gasteiger charge is -2.38. The summed E-state index contributed by atoms with van der Waals surface area (Å²) in [5.74, 6) is 0.971. The van der Waals surface area contributed by atoms with E-state index in [0.29, 0.717) is 0 Å². The van der Waals surface area contributed by atoms with Crippen molar-refractivity contribution >= 4 is 5.91 Å². The molecule has 3 rings (SSSR count). The number of carbonyl (C=O) groups is 1. The quantitative estimate of drug-likeness (QED) is 0.850. The first-order chi connectivity index (χ1) is 11.5. The second-order valence-electron chi connectivity index (χ2n) is 7.37. The van der Waals surface area contributed by atoms with Crippen LogP contribution in [0.25, 0.3) is 0 Å². The summed E-state index contributed by atoms with van der Waals surface area (Å²) in [5, 5.41) is 0. The third-order valence-corrected chi connectivity index (χ3v) is 5.45. The SMILES string of the molecule is Cc1cc(C)c(OCC(=O)N2CCN(C3CCCC3)CC2)c(C)c1. The van der Waals surface area contributed by atoms with Gasteiger partial charge in [0.05, 0.1) is 0 Å². The van der Waals surface area contributed by atoms with Crippen LogP contribution in [0.15, 0.2) is 12.1 Å². The van der Waals surface area contributed by atoms with Crippen LogP contribution in [0.1, 0.15) is 42.4 Å². The van der Waals surface area contributed by atoms with Crippen molar-refractivity contribution in [1.29, 1.82) is 0 Å². The van der Waals surface area contributed by atoms with E-state index in [1.54, 1.807) is 0 Å². The Morgan fingerprint density at radius 3 is 2.21 bits per heavy atom. The van der Waals surface area contributed by atoms with E-state index in [1.807, 2.05) is 18.7 Å². The van der Waals surface area contributed by atoms with E-state index in [2.05, 4.69) is 24.0 Å². The summed E-state index contributed by atoms with van der Waals surface area (Å²) in [4.78, 5) is 17.0. The van der Waals surface area contributed by atoms with Gasteiger partial charge in [0.25, 0.3) is 5.91 Å². The Hall–Kier alpha value is -1.55. The first-order valence-corrected chi connectivity index (χ1v) is 9.27. The lowest BCUT2D eigenvalue weighted by Crippen LogP contribution is -2.52. The molecule has 4 heteroatoms. The van der Waals surface area contributed by atoms with Crippen molar-refractivity contribution in [2.24, 2.45) is 0 Å². The van der Waals surface area contributed by atoms with Crippen molar-refractivity contribution in [3.63, 3.8) is 0 Å². The minimum absolute atomic E-state index is 0.112. The Bertz CT molecular complexity index is 562. The van der Waals surface area contributed by atoms with Crippen molar-refractivity contribution in [3.05, 3.63) is 28.8 Å². The Kier molecular flexibility index (Phi) is 5.44. The number of ether oxygens (including phenoxy) is 1. The molecule has 1 heterocycles. The predicted molar refractivity (Wildman–Crippen MR) is 96.6 cm³/mol. The van der Waals surface area contributed by atoms with E-state index in [-0.39, 0.29) is 12.5 Å². The van der Waals surface area contributed by atoms with E-state index in [9.17, 15) is 4.79 Å². The number of hydrogen-bond acceptors (Lipinski definition) is 3. The molecule has 132 valence electrons. The molecule has 1 aliphatic carbocycles. The van der Waals surface area contributed by atoms with Gasteiger partial charge in [0.2, 0.25) is 0 Å². The van der Waals surface area contributed by atoms with Gasteiger partial charge in [-0.2, -0.15) is 0 Å². The Balaban J connectivity index is 1.49. The van der Waals surface area contributed by atoms with Crippen LogP contribution in [0.5, 0.6) is 5.75 Å². The third kappa shape index (κ3) is 3.92. The number of benzene rings is 1. The van der Waals surface area contributed by atoms with Crippen molar-refractivity contribution in [3.8, 4) is 5.75 Å². The highest BCUT2D eigenvalue weighted by atomic mass is 16.5. The second-order valence-corrected chi connectivity index (χ2v) is 7.37. The normalized spacial score (nSPS) is 19.7. The molecule has 24 heavy (non-hydrogen) atoms. The average molecular weight is 330 g/mol. The molecule has 1 aliphatic heterocycles. The van der Waals surface area contributed by atoms with Crippen LogP contribution < -0.4 is 4.74 Å². The van der Waals surface area contributed by atoms with Gasteiger partial charge in [0, 0.05) is 32.2 Å². The maximum atomic E-state index is 12.5. The molecule has 1 saturated carbocycles. The zero-order valence-corrected chi connectivity index (χ0v) is 15.3. The van der Waals surface area contributed by atoms with Gasteiger partial charge < -0.3 is 9.64 Å². The largest absolute Gasteiger partial charge is 0.483 e. The summed E-state index contributed by atoms with van der Waals surface area (Å²) in [6.45, 7) is 10.0. The molecule has 1 saturated heterocycles. The van der Waals surface area contributed by atoms with Crippen LogP contribution in [0.2, 0.25) is 0 Å². The molecule has 1 amide bonds. The number of amides is 1. The summed E-state index contributed by atoms with van der Waals surface area (Å²) in [6, 6.07) is 4.97. The number of hydrogen-bond donors (Lipinski definition) is 0. The van der Waals surface area contributed by atoms with Crippen LogP contribution in [0, 0.1) is 20.8 Å². The predicted octanol–water partition coefficient (Wildman–Crippen LogP) is 3.08. The van der Waals surface area contributed by atoms with Crippen LogP contribution in [0.4, 0.5) is 0 Å². The number of aryl methyl sites for hydroxylation is 3. The second kappa shape index (κ2) is 7.56. The van der Waals surface area contributed by atoms with Gasteiger partial charge >= 0.3 is 0 Å².